The van der Waals surface area contributed by atoms with Gasteiger partial charge in [-0.2, -0.15) is 9.61 Å². The summed E-state index contributed by atoms with van der Waals surface area (Å²) in [4.78, 5) is 35.8. The van der Waals surface area contributed by atoms with Gasteiger partial charge in [0.2, 0.25) is 5.91 Å². The van der Waals surface area contributed by atoms with Crippen LogP contribution in [0, 0.1) is 0 Å². The van der Waals surface area contributed by atoms with Crippen molar-refractivity contribution in [2.24, 2.45) is 0 Å². The number of carbonyl (C=O) groups excluding carboxylic acids is 1. The third kappa shape index (κ3) is 4.27. The number of piperidine rings is 1. The van der Waals surface area contributed by atoms with Crippen molar-refractivity contribution in [3.63, 3.8) is 0 Å². The Bertz CT molecular complexity index is 1730. The lowest BCUT2D eigenvalue weighted by Gasteiger charge is -2.33. The SMILES string of the molecule is C=C(F)C=c1cc(-c2cnn3c(N)c4ccc(=O)n(C5CCN(C(=O)CO)CC5)c4nc23)cnc1=CC. The van der Waals surface area contributed by atoms with E-state index in [1.54, 1.807) is 40.1 Å². The molecule has 1 saturated heterocycles. The minimum Gasteiger partial charge on any atom is -0.387 e. The van der Waals surface area contributed by atoms with Gasteiger partial charge in [-0.25, -0.2) is 9.37 Å². The molecule has 0 aliphatic carbocycles. The molecular formula is C26H26FN7O3. The van der Waals surface area contributed by atoms with Crippen molar-refractivity contribution >= 4 is 40.6 Å². The molecule has 5 rings (SSSR count). The highest BCUT2D eigenvalue weighted by Crippen LogP contribution is 2.30. The van der Waals surface area contributed by atoms with Gasteiger partial charge >= 0.3 is 0 Å². The van der Waals surface area contributed by atoms with Gasteiger partial charge in [0.05, 0.1) is 16.9 Å². The number of allylic oxidation sites excluding steroid dienone is 1. The molecule has 37 heavy (non-hydrogen) atoms. The smallest absolute Gasteiger partial charge is 0.252 e. The van der Waals surface area contributed by atoms with Crippen LogP contribution in [0.25, 0.3) is 40.0 Å². The van der Waals surface area contributed by atoms with Crippen LogP contribution in [-0.2, 0) is 4.79 Å². The lowest BCUT2D eigenvalue weighted by molar-refractivity contribution is -0.135. The maximum atomic E-state index is 13.6. The van der Waals surface area contributed by atoms with Crippen molar-refractivity contribution in [3.8, 4) is 11.1 Å². The van der Waals surface area contributed by atoms with E-state index in [9.17, 15) is 14.0 Å². The molecule has 5 heterocycles. The topological polar surface area (TPSA) is 132 Å². The second kappa shape index (κ2) is 9.58. The second-order valence-corrected chi connectivity index (χ2v) is 8.92. The highest BCUT2D eigenvalue weighted by Gasteiger charge is 2.26. The molecule has 190 valence electrons. The zero-order valence-electron chi connectivity index (χ0n) is 20.3. The predicted molar refractivity (Wildman–Crippen MR) is 138 cm³/mol. The number of halogens is 1. The zero-order valence-corrected chi connectivity index (χ0v) is 20.3. The number of anilines is 1. The quantitative estimate of drug-likeness (QED) is 0.423. The summed E-state index contributed by atoms with van der Waals surface area (Å²) in [6.07, 6.45) is 7.42. The van der Waals surface area contributed by atoms with Gasteiger partial charge in [-0.3, -0.25) is 19.1 Å². The normalized spacial score (nSPS) is 15.7. The Morgan fingerprint density at radius 1 is 1.27 bits per heavy atom. The Kier molecular flexibility index (Phi) is 6.30. The van der Waals surface area contributed by atoms with E-state index in [1.165, 1.54) is 16.7 Å². The fraction of sp³-hybridized carbons (Fsp3) is 0.269. The minimum absolute atomic E-state index is 0.197. The van der Waals surface area contributed by atoms with E-state index in [-0.39, 0.29) is 17.5 Å². The summed E-state index contributed by atoms with van der Waals surface area (Å²) in [6.45, 7) is 5.44. The Labute approximate surface area is 210 Å². The molecule has 0 bridgehead atoms. The van der Waals surface area contributed by atoms with Crippen LogP contribution in [-0.4, -0.2) is 59.8 Å². The summed E-state index contributed by atoms with van der Waals surface area (Å²) in [5, 5.41) is 15.3. The first-order valence-corrected chi connectivity index (χ1v) is 11.9. The molecule has 3 N–H and O–H groups in total. The number of nitrogens with zero attached hydrogens (tertiary/aromatic N) is 6. The Balaban J connectivity index is 1.68. The molecule has 0 spiro atoms. The molecule has 10 nitrogen and oxygen atoms in total. The highest BCUT2D eigenvalue weighted by molar-refractivity contribution is 5.91. The monoisotopic (exact) mass is 503 g/mol. The van der Waals surface area contributed by atoms with Gasteiger partial charge < -0.3 is 15.7 Å². The third-order valence-corrected chi connectivity index (χ3v) is 6.72. The van der Waals surface area contributed by atoms with Crippen molar-refractivity contribution in [1.82, 2.24) is 29.0 Å². The maximum Gasteiger partial charge on any atom is 0.252 e. The molecule has 1 aliphatic heterocycles. The number of aliphatic hydroxyl groups is 1. The van der Waals surface area contributed by atoms with Crippen molar-refractivity contribution < 1.29 is 14.3 Å². The average Bonchev–Trinajstić information content (AvgIpc) is 3.32. The van der Waals surface area contributed by atoms with Crippen molar-refractivity contribution in [2.45, 2.75) is 25.8 Å². The number of carbonyl (C=O) groups is 1. The first kappa shape index (κ1) is 24.3. The van der Waals surface area contributed by atoms with Crippen LogP contribution in [0.3, 0.4) is 0 Å². The lowest BCUT2D eigenvalue weighted by atomic mass is 10.0. The van der Waals surface area contributed by atoms with Crippen molar-refractivity contribution in [2.75, 3.05) is 25.4 Å². The molecule has 0 aromatic carbocycles. The number of likely N-dealkylation sites (tertiary alicyclic amines) is 1. The van der Waals surface area contributed by atoms with Crippen LogP contribution in [0.2, 0.25) is 0 Å². The number of hydrogen-bond acceptors (Lipinski definition) is 7. The molecule has 4 aromatic heterocycles. The second-order valence-electron chi connectivity index (χ2n) is 8.92. The van der Waals surface area contributed by atoms with E-state index in [1.807, 2.05) is 6.92 Å². The largest absolute Gasteiger partial charge is 0.387 e. The molecular weight excluding hydrogens is 477 g/mol. The molecule has 11 heteroatoms. The Morgan fingerprint density at radius 3 is 2.70 bits per heavy atom. The summed E-state index contributed by atoms with van der Waals surface area (Å²) in [6, 6.07) is 4.67. The molecule has 1 fully saturated rings. The van der Waals surface area contributed by atoms with Gasteiger partial charge in [-0.15, -0.1) is 0 Å². The predicted octanol–water partition coefficient (Wildman–Crippen LogP) is 0.908. The fourth-order valence-electron chi connectivity index (χ4n) is 4.89. The number of rotatable bonds is 4. The Morgan fingerprint density at radius 2 is 2.03 bits per heavy atom. The Hall–Kier alpha value is -4.38. The minimum atomic E-state index is -0.592. The third-order valence-electron chi connectivity index (χ3n) is 6.72. The number of nitrogen functional groups attached to an aromatic ring is 1. The number of aromatic nitrogens is 5. The molecule has 4 aromatic rings. The summed E-state index contributed by atoms with van der Waals surface area (Å²) in [5.41, 5.74) is 8.39. The zero-order chi connectivity index (χ0) is 26.3. The van der Waals surface area contributed by atoms with Crippen LogP contribution < -0.4 is 21.9 Å². The summed E-state index contributed by atoms with van der Waals surface area (Å²) < 4.78 is 16.7. The van der Waals surface area contributed by atoms with Crippen LogP contribution in [0.5, 0.6) is 0 Å². The van der Waals surface area contributed by atoms with E-state index in [0.29, 0.717) is 70.1 Å². The summed E-state index contributed by atoms with van der Waals surface area (Å²) >= 11 is 0. The number of fused-ring (bicyclic) bond motifs is 2. The molecule has 1 amide bonds. The van der Waals surface area contributed by atoms with Gasteiger partial charge in [0, 0.05) is 47.7 Å². The van der Waals surface area contributed by atoms with Gasteiger partial charge in [-0.1, -0.05) is 12.7 Å². The number of amides is 1. The number of hydrogen-bond donors (Lipinski definition) is 2. The molecule has 0 saturated carbocycles. The van der Waals surface area contributed by atoms with Crippen LogP contribution in [0.15, 0.2) is 47.8 Å². The van der Waals surface area contributed by atoms with Gasteiger partial charge in [0.1, 0.15) is 23.9 Å². The first-order valence-electron chi connectivity index (χ1n) is 11.9. The van der Waals surface area contributed by atoms with Gasteiger partial charge in [0.25, 0.3) is 5.56 Å². The maximum absolute atomic E-state index is 13.6. The van der Waals surface area contributed by atoms with Crippen LogP contribution in [0.4, 0.5) is 10.2 Å². The number of pyridine rings is 2. The molecule has 0 unspecified atom stereocenters. The van der Waals surface area contributed by atoms with E-state index in [4.69, 9.17) is 15.8 Å². The number of nitrogens with two attached hydrogens (primary N) is 1. The van der Waals surface area contributed by atoms with Gasteiger partial charge in [0.15, 0.2) is 5.65 Å². The fourth-order valence-corrected chi connectivity index (χ4v) is 4.89. The average molecular weight is 504 g/mol. The molecule has 0 atom stereocenters. The van der Waals surface area contributed by atoms with Gasteiger partial charge in [-0.05, 0) is 38.0 Å². The number of aliphatic hydroxyl groups excluding tert-OH is 1. The standard InChI is InChI=1S/C26H26FN7O3/c1-3-21-16(10-15(2)27)11-17(12-29-21)20-13-30-34-24(28)19-4-5-22(36)33(25(19)31-26(20)34)18-6-8-32(9-7-18)23(37)14-35/h3-5,10-13,18,35H,2,6-9,14,28H2,1H3. The van der Waals surface area contributed by atoms with Crippen LogP contribution >= 0.6 is 0 Å². The molecule has 0 radical (unpaired) electrons. The van der Waals surface area contributed by atoms with E-state index < -0.39 is 12.4 Å². The summed E-state index contributed by atoms with van der Waals surface area (Å²) in [5.74, 6) is -0.598. The highest BCUT2D eigenvalue weighted by atomic mass is 19.1. The van der Waals surface area contributed by atoms with E-state index in [0.717, 1.165) is 0 Å². The molecule has 1 aliphatic rings. The lowest BCUT2D eigenvalue weighted by Crippen LogP contribution is -2.42. The van der Waals surface area contributed by atoms with Crippen molar-refractivity contribution in [1.29, 1.82) is 0 Å². The van der Waals surface area contributed by atoms with Crippen molar-refractivity contribution in [3.05, 3.63) is 63.9 Å². The first-order chi connectivity index (χ1) is 17.8. The van der Waals surface area contributed by atoms with Crippen LogP contribution in [0.1, 0.15) is 25.8 Å². The summed E-state index contributed by atoms with van der Waals surface area (Å²) in [7, 11) is 0. The van der Waals surface area contributed by atoms with E-state index >= 15 is 0 Å². The van der Waals surface area contributed by atoms with E-state index in [2.05, 4.69) is 16.7 Å².